The van der Waals surface area contributed by atoms with Crippen molar-refractivity contribution in [1.29, 1.82) is 0 Å². The summed E-state index contributed by atoms with van der Waals surface area (Å²) in [4.78, 5) is 12.7. The third-order valence-corrected chi connectivity index (χ3v) is 4.77. The summed E-state index contributed by atoms with van der Waals surface area (Å²) >= 11 is 1.21. The summed E-state index contributed by atoms with van der Waals surface area (Å²) in [6, 6.07) is 4.71. The number of thiophene rings is 1. The first kappa shape index (κ1) is 13.3. The minimum absolute atomic E-state index is 0.00807. The molecule has 1 aromatic heterocycles. The average molecular weight is 294 g/mol. The Kier molecular flexibility index (Phi) is 3.35. The maximum Gasteiger partial charge on any atom is 0.263 e. The van der Waals surface area contributed by atoms with Gasteiger partial charge in [-0.1, -0.05) is 6.07 Å². The fraction of sp³-hybridized carbons (Fsp3) is 0.357. The van der Waals surface area contributed by atoms with E-state index < -0.39 is 5.82 Å². The molecule has 4 nitrogen and oxygen atoms in total. The zero-order valence-electron chi connectivity index (χ0n) is 11.0. The Labute approximate surface area is 119 Å². The number of anilines is 1. The van der Waals surface area contributed by atoms with Gasteiger partial charge in [0.25, 0.3) is 5.91 Å². The van der Waals surface area contributed by atoms with Gasteiger partial charge in [-0.2, -0.15) is 0 Å². The van der Waals surface area contributed by atoms with Gasteiger partial charge in [0.2, 0.25) is 0 Å². The number of halogens is 1. The van der Waals surface area contributed by atoms with Crippen LogP contribution in [0.2, 0.25) is 0 Å². The lowest BCUT2D eigenvalue weighted by Gasteiger charge is -2.15. The molecule has 2 atom stereocenters. The summed E-state index contributed by atoms with van der Waals surface area (Å²) in [5.74, 6) is -0.654. The number of carbonyl (C=O) groups is 1. The molecule has 1 amide bonds. The summed E-state index contributed by atoms with van der Waals surface area (Å²) in [5, 5.41) is 3.24. The van der Waals surface area contributed by atoms with Crippen LogP contribution in [-0.2, 0) is 4.74 Å². The van der Waals surface area contributed by atoms with Crippen LogP contribution in [0.3, 0.4) is 0 Å². The van der Waals surface area contributed by atoms with Crippen molar-refractivity contribution < 1.29 is 13.9 Å². The van der Waals surface area contributed by atoms with Crippen molar-refractivity contribution in [2.75, 3.05) is 12.3 Å². The summed E-state index contributed by atoms with van der Waals surface area (Å²) in [6.45, 7) is 2.56. The van der Waals surface area contributed by atoms with Crippen LogP contribution in [-0.4, -0.2) is 24.7 Å². The van der Waals surface area contributed by atoms with E-state index >= 15 is 0 Å². The predicted octanol–water partition coefficient (Wildman–Crippen LogP) is 2.53. The SMILES string of the molecule is CC1OCCC1NC(=O)c1sc2cccc(F)c2c1N. The summed E-state index contributed by atoms with van der Waals surface area (Å²) in [5.41, 5.74) is 6.14. The normalized spacial score (nSPS) is 22.3. The zero-order valence-corrected chi connectivity index (χ0v) is 11.8. The van der Waals surface area contributed by atoms with Gasteiger partial charge in [0.15, 0.2) is 0 Å². The highest BCUT2D eigenvalue weighted by Gasteiger charge is 2.27. The van der Waals surface area contributed by atoms with Crippen LogP contribution in [0.25, 0.3) is 10.1 Å². The molecule has 2 aromatic rings. The number of nitrogens with two attached hydrogens (primary N) is 1. The van der Waals surface area contributed by atoms with Crippen molar-refractivity contribution in [2.24, 2.45) is 0 Å². The lowest BCUT2D eigenvalue weighted by Crippen LogP contribution is -2.39. The molecule has 1 fully saturated rings. The van der Waals surface area contributed by atoms with Crippen molar-refractivity contribution in [3.8, 4) is 0 Å². The third kappa shape index (κ3) is 2.14. The lowest BCUT2D eigenvalue weighted by molar-refractivity contribution is 0.0870. The Bertz CT molecular complexity index is 670. The van der Waals surface area contributed by atoms with E-state index in [1.54, 1.807) is 12.1 Å². The highest BCUT2D eigenvalue weighted by molar-refractivity contribution is 7.21. The van der Waals surface area contributed by atoms with Crippen molar-refractivity contribution in [2.45, 2.75) is 25.5 Å². The van der Waals surface area contributed by atoms with Crippen molar-refractivity contribution in [1.82, 2.24) is 5.32 Å². The predicted molar refractivity (Wildman–Crippen MR) is 77.5 cm³/mol. The Hall–Kier alpha value is -1.66. The number of rotatable bonds is 2. The average Bonchev–Trinajstić information content (AvgIpc) is 2.95. The summed E-state index contributed by atoms with van der Waals surface area (Å²) < 4.78 is 19.9. The number of fused-ring (bicyclic) bond motifs is 1. The van der Waals surface area contributed by atoms with Gasteiger partial charge < -0.3 is 15.8 Å². The van der Waals surface area contributed by atoms with Crippen molar-refractivity contribution in [3.63, 3.8) is 0 Å². The van der Waals surface area contributed by atoms with Gasteiger partial charge in [0, 0.05) is 11.3 Å². The minimum atomic E-state index is -0.395. The van der Waals surface area contributed by atoms with E-state index in [9.17, 15) is 9.18 Å². The molecule has 2 heterocycles. The van der Waals surface area contributed by atoms with Crippen LogP contribution >= 0.6 is 11.3 Å². The van der Waals surface area contributed by atoms with Gasteiger partial charge in [0.05, 0.1) is 23.2 Å². The molecular weight excluding hydrogens is 279 g/mol. The fourth-order valence-corrected chi connectivity index (χ4v) is 3.49. The van der Waals surface area contributed by atoms with E-state index in [1.165, 1.54) is 17.4 Å². The first-order valence-electron chi connectivity index (χ1n) is 6.47. The second kappa shape index (κ2) is 5.03. The lowest BCUT2D eigenvalue weighted by atomic mass is 10.1. The number of nitrogen functional groups attached to an aromatic ring is 1. The third-order valence-electron chi connectivity index (χ3n) is 3.60. The Morgan fingerprint density at radius 2 is 2.35 bits per heavy atom. The second-order valence-electron chi connectivity index (χ2n) is 4.90. The second-order valence-corrected chi connectivity index (χ2v) is 5.95. The molecule has 0 saturated carbocycles. The van der Waals surface area contributed by atoms with E-state index in [0.29, 0.717) is 21.6 Å². The number of benzene rings is 1. The van der Waals surface area contributed by atoms with E-state index in [1.807, 2.05) is 6.92 Å². The summed E-state index contributed by atoms with van der Waals surface area (Å²) in [7, 11) is 0. The van der Waals surface area contributed by atoms with Gasteiger partial charge in [-0.3, -0.25) is 4.79 Å². The Morgan fingerprint density at radius 3 is 3.00 bits per heavy atom. The maximum absolute atomic E-state index is 13.8. The van der Waals surface area contributed by atoms with E-state index in [4.69, 9.17) is 10.5 Å². The molecule has 3 N–H and O–H groups in total. The van der Waals surface area contributed by atoms with E-state index in [2.05, 4.69) is 5.32 Å². The molecule has 1 aliphatic heterocycles. The standard InChI is InChI=1S/C14H15FN2O2S/c1-7-9(5-6-19-7)17-14(18)13-12(16)11-8(15)3-2-4-10(11)20-13/h2-4,7,9H,5-6,16H2,1H3,(H,17,18). The Morgan fingerprint density at radius 1 is 1.55 bits per heavy atom. The fourth-order valence-electron chi connectivity index (χ4n) is 2.45. The molecule has 1 aliphatic rings. The Balaban J connectivity index is 1.92. The molecule has 0 bridgehead atoms. The van der Waals surface area contributed by atoms with Gasteiger partial charge in [0.1, 0.15) is 10.7 Å². The molecule has 0 spiro atoms. The molecule has 3 rings (SSSR count). The number of ether oxygens (including phenoxy) is 1. The smallest absolute Gasteiger partial charge is 0.263 e. The summed E-state index contributed by atoms with van der Waals surface area (Å²) in [6.07, 6.45) is 0.776. The van der Waals surface area contributed by atoms with Gasteiger partial charge in [-0.15, -0.1) is 11.3 Å². The first-order chi connectivity index (χ1) is 9.58. The maximum atomic E-state index is 13.8. The van der Waals surface area contributed by atoms with Gasteiger partial charge in [-0.05, 0) is 25.5 Å². The van der Waals surface area contributed by atoms with Crippen LogP contribution in [0.15, 0.2) is 18.2 Å². The van der Waals surface area contributed by atoms with E-state index in [-0.39, 0.29) is 23.7 Å². The molecular formula is C14H15FN2O2S. The molecule has 6 heteroatoms. The first-order valence-corrected chi connectivity index (χ1v) is 7.28. The topological polar surface area (TPSA) is 64.3 Å². The van der Waals surface area contributed by atoms with Crippen LogP contribution in [0.5, 0.6) is 0 Å². The van der Waals surface area contributed by atoms with Crippen molar-refractivity contribution >= 4 is 33.0 Å². The van der Waals surface area contributed by atoms with Gasteiger partial charge in [-0.25, -0.2) is 4.39 Å². The highest BCUT2D eigenvalue weighted by Crippen LogP contribution is 2.35. The molecule has 1 saturated heterocycles. The number of hydrogen-bond acceptors (Lipinski definition) is 4. The number of nitrogens with one attached hydrogen (secondary N) is 1. The molecule has 1 aromatic carbocycles. The van der Waals surface area contributed by atoms with Crippen LogP contribution in [0, 0.1) is 5.82 Å². The molecule has 2 unspecified atom stereocenters. The number of hydrogen-bond donors (Lipinski definition) is 2. The van der Waals surface area contributed by atoms with Gasteiger partial charge >= 0.3 is 0 Å². The molecule has 0 radical (unpaired) electrons. The van der Waals surface area contributed by atoms with Crippen LogP contribution in [0.1, 0.15) is 23.0 Å². The van der Waals surface area contributed by atoms with Crippen molar-refractivity contribution in [3.05, 3.63) is 28.9 Å². The zero-order chi connectivity index (χ0) is 14.3. The molecule has 0 aliphatic carbocycles. The number of amides is 1. The van der Waals surface area contributed by atoms with E-state index in [0.717, 1.165) is 6.42 Å². The molecule has 20 heavy (non-hydrogen) atoms. The molecule has 106 valence electrons. The van der Waals surface area contributed by atoms with Crippen LogP contribution in [0.4, 0.5) is 10.1 Å². The highest BCUT2D eigenvalue weighted by atomic mass is 32.1. The monoisotopic (exact) mass is 294 g/mol. The van der Waals surface area contributed by atoms with Crippen LogP contribution < -0.4 is 11.1 Å². The largest absolute Gasteiger partial charge is 0.397 e. The minimum Gasteiger partial charge on any atom is -0.397 e. The number of carbonyl (C=O) groups excluding carboxylic acids is 1. The quantitative estimate of drug-likeness (QED) is 0.894.